The number of aliphatic hydroxyl groups is 1. The largest absolute Gasteiger partial charge is 0.393 e. The van der Waals surface area contributed by atoms with E-state index in [4.69, 9.17) is 14.6 Å². The van der Waals surface area contributed by atoms with Gasteiger partial charge in [0.2, 0.25) is 0 Å². The van der Waals surface area contributed by atoms with Crippen molar-refractivity contribution in [2.75, 3.05) is 6.61 Å². The van der Waals surface area contributed by atoms with E-state index in [9.17, 15) is 0 Å². The molecule has 0 amide bonds. The lowest BCUT2D eigenvalue weighted by atomic mass is 9.92. The molecule has 1 unspecified atom stereocenters. The van der Waals surface area contributed by atoms with Crippen molar-refractivity contribution in [3.05, 3.63) is 0 Å². The zero-order valence-corrected chi connectivity index (χ0v) is 7.24. The zero-order chi connectivity index (χ0) is 8.39. The molecule has 1 heterocycles. The zero-order valence-electron chi connectivity index (χ0n) is 7.24. The quantitative estimate of drug-likeness (QED) is 0.676. The van der Waals surface area contributed by atoms with Gasteiger partial charge in [-0.1, -0.05) is 0 Å². The molecule has 0 aromatic heterocycles. The Morgan fingerprint density at radius 3 is 2.67 bits per heavy atom. The Hall–Kier alpha value is -0.120. The van der Waals surface area contributed by atoms with E-state index in [0.29, 0.717) is 0 Å². The number of hydrogen-bond acceptors (Lipinski definition) is 3. The highest BCUT2D eigenvalue weighted by molar-refractivity contribution is 4.79. The lowest BCUT2D eigenvalue weighted by Crippen LogP contribution is -2.39. The fourth-order valence-electron chi connectivity index (χ4n) is 1.68. The first-order valence-electron chi connectivity index (χ1n) is 4.80. The molecule has 0 bridgehead atoms. The van der Waals surface area contributed by atoms with Crippen LogP contribution in [-0.4, -0.2) is 30.2 Å². The summed E-state index contributed by atoms with van der Waals surface area (Å²) >= 11 is 0. The van der Waals surface area contributed by atoms with Gasteiger partial charge in [0.25, 0.3) is 0 Å². The number of hydrogen-bond donors (Lipinski definition) is 1. The molecule has 3 nitrogen and oxygen atoms in total. The van der Waals surface area contributed by atoms with Gasteiger partial charge in [-0.3, -0.25) is 0 Å². The summed E-state index contributed by atoms with van der Waals surface area (Å²) in [6.07, 6.45) is 5.11. The molecule has 0 aromatic rings. The molecule has 2 fully saturated rings. The Morgan fingerprint density at radius 2 is 2.08 bits per heavy atom. The van der Waals surface area contributed by atoms with Gasteiger partial charge in [0.1, 0.15) is 0 Å². The van der Waals surface area contributed by atoms with Crippen LogP contribution in [-0.2, 0) is 9.47 Å². The summed E-state index contributed by atoms with van der Waals surface area (Å²) in [6, 6.07) is 0. The van der Waals surface area contributed by atoms with Crippen LogP contribution >= 0.6 is 0 Å². The Morgan fingerprint density at radius 1 is 1.25 bits per heavy atom. The molecule has 0 aromatic carbocycles. The molecule has 1 aliphatic carbocycles. The predicted molar refractivity (Wildman–Crippen MR) is 43.7 cm³/mol. The van der Waals surface area contributed by atoms with Crippen molar-refractivity contribution in [3.8, 4) is 0 Å². The standard InChI is InChI=1S/C9H16O3/c10-7-5-8(6-7)12-9-3-1-2-4-11-9/h7-10H,1-6H2. The number of rotatable bonds is 2. The fraction of sp³-hybridized carbons (Fsp3) is 1.00. The van der Waals surface area contributed by atoms with Gasteiger partial charge >= 0.3 is 0 Å². The average Bonchev–Trinajstić information content (AvgIpc) is 2.04. The van der Waals surface area contributed by atoms with Gasteiger partial charge in [-0.2, -0.15) is 0 Å². The second-order valence-electron chi connectivity index (χ2n) is 3.68. The SMILES string of the molecule is OC1CC(OC2CCCCO2)C1. The van der Waals surface area contributed by atoms with Crippen molar-refractivity contribution < 1.29 is 14.6 Å². The van der Waals surface area contributed by atoms with Gasteiger partial charge in [-0.25, -0.2) is 0 Å². The van der Waals surface area contributed by atoms with Crippen LogP contribution in [0.15, 0.2) is 0 Å². The highest BCUT2D eigenvalue weighted by Crippen LogP contribution is 2.26. The Kier molecular flexibility index (Phi) is 2.63. The van der Waals surface area contributed by atoms with E-state index in [1.165, 1.54) is 6.42 Å². The molecule has 2 rings (SSSR count). The van der Waals surface area contributed by atoms with E-state index >= 15 is 0 Å². The molecule has 1 N–H and O–H groups in total. The topological polar surface area (TPSA) is 38.7 Å². The van der Waals surface area contributed by atoms with Crippen LogP contribution < -0.4 is 0 Å². The molecule has 70 valence electrons. The third-order valence-electron chi connectivity index (χ3n) is 2.55. The van der Waals surface area contributed by atoms with Crippen LogP contribution in [0.4, 0.5) is 0 Å². The van der Waals surface area contributed by atoms with Crippen LogP contribution in [0.2, 0.25) is 0 Å². The lowest BCUT2D eigenvalue weighted by Gasteiger charge is -2.35. The van der Waals surface area contributed by atoms with Crippen LogP contribution in [0.5, 0.6) is 0 Å². The third kappa shape index (κ3) is 1.97. The number of aliphatic hydroxyl groups excluding tert-OH is 1. The van der Waals surface area contributed by atoms with E-state index in [-0.39, 0.29) is 18.5 Å². The maximum absolute atomic E-state index is 9.03. The average molecular weight is 172 g/mol. The van der Waals surface area contributed by atoms with E-state index < -0.39 is 0 Å². The maximum Gasteiger partial charge on any atom is 0.157 e. The summed E-state index contributed by atoms with van der Waals surface area (Å²) in [6.45, 7) is 0.833. The van der Waals surface area contributed by atoms with Gasteiger partial charge in [0, 0.05) is 6.61 Å². The third-order valence-corrected chi connectivity index (χ3v) is 2.55. The van der Waals surface area contributed by atoms with Crippen molar-refractivity contribution in [3.63, 3.8) is 0 Å². The minimum absolute atomic E-state index is 0.0104. The van der Waals surface area contributed by atoms with Crippen molar-refractivity contribution in [1.29, 1.82) is 0 Å². The van der Waals surface area contributed by atoms with Crippen molar-refractivity contribution >= 4 is 0 Å². The summed E-state index contributed by atoms with van der Waals surface area (Å²) < 4.78 is 11.0. The van der Waals surface area contributed by atoms with Crippen molar-refractivity contribution in [2.24, 2.45) is 0 Å². The summed E-state index contributed by atoms with van der Waals surface area (Å²) in [5, 5.41) is 9.03. The van der Waals surface area contributed by atoms with Gasteiger partial charge in [-0.05, 0) is 32.1 Å². The highest BCUT2D eigenvalue weighted by atomic mass is 16.7. The van der Waals surface area contributed by atoms with Gasteiger partial charge in [-0.15, -0.1) is 0 Å². The molecule has 1 saturated carbocycles. The second kappa shape index (κ2) is 3.73. The molecule has 1 saturated heterocycles. The van der Waals surface area contributed by atoms with Crippen LogP contribution in [0.25, 0.3) is 0 Å². The smallest absolute Gasteiger partial charge is 0.157 e. The molecule has 0 radical (unpaired) electrons. The van der Waals surface area contributed by atoms with Crippen molar-refractivity contribution in [1.82, 2.24) is 0 Å². The summed E-state index contributed by atoms with van der Waals surface area (Å²) in [4.78, 5) is 0. The Balaban J connectivity index is 1.65. The van der Waals surface area contributed by atoms with Crippen LogP contribution in [0.1, 0.15) is 32.1 Å². The summed E-state index contributed by atoms with van der Waals surface area (Å²) in [5.41, 5.74) is 0. The number of ether oxygens (including phenoxy) is 2. The summed E-state index contributed by atoms with van der Waals surface area (Å²) in [7, 11) is 0. The van der Waals surface area contributed by atoms with E-state index in [2.05, 4.69) is 0 Å². The molecule has 1 aliphatic heterocycles. The van der Waals surface area contributed by atoms with Crippen molar-refractivity contribution in [2.45, 2.75) is 50.6 Å². The second-order valence-corrected chi connectivity index (χ2v) is 3.68. The molecular formula is C9H16O3. The lowest BCUT2D eigenvalue weighted by molar-refractivity contribution is -0.216. The van der Waals surface area contributed by atoms with E-state index in [1.54, 1.807) is 0 Å². The minimum Gasteiger partial charge on any atom is -0.393 e. The first kappa shape index (κ1) is 8.48. The monoisotopic (exact) mass is 172 g/mol. The van der Waals surface area contributed by atoms with E-state index in [1.807, 2.05) is 0 Å². The fourth-order valence-corrected chi connectivity index (χ4v) is 1.68. The molecule has 1 atom stereocenters. The van der Waals surface area contributed by atoms with Crippen LogP contribution in [0.3, 0.4) is 0 Å². The van der Waals surface area contributed by atoms with Gasteiger partial charge in [0.05, 0.1) is 12.2 Å². The Bertz CT molecular complexity index is 137. The first-order chi connectivity index (χ1) is 5.84. The summed E-state index contributed by atoms with van der Waals surface area (Å²) in [5.74, 6) is 0. The molecule has 3 heteroatoms. The maximum atomic E-state index is 9.03. The first-order valence-corrected chi connectivity index (χ1v) is 4.80. The Labute approximate surface area is 72.7 Å². The minimum atomic E-state index is -0.126. The molecule has 2 aliphatic rings. The molecular weight excluding hydrogens is 156 g/mol. The molecule has 0 spiro atoms. The normalized spacial score (nSPS) is 42.2. The van der Waals surface area contributed by atoms with E-state index in [0.717, 1.165) is 32.3 Å². The predicted octanol–water partition coefficient (Wildman–Crippen LogP) is 1.05. The van der Waals surface area contributed by atoms with Gasteiger partial charge in [0.15, 0.2) is 6.29 Å². The molecule has 12 heavy (non-hydrogen) atoms. The van der Waals surface area contributed by atoms with Crippen LogP contribution in [0, 0.1) is 0 Å². The van der Waals surface area contributed by atoms with Gasteiger partial charge < -0.3 is 14.6 Å². The highest BCUT2D eigenvalue weighted by Gasteiger charge is 2.30.